The van der Waals surface area contributed by atoms with Crippen molar-refractivity contribution < 1.29 is 17.9 Å². The fourth-order valence-electron chi connectivity index (χ4n) is 3.76. The molecule has 0 radical (unpaired) electrons. The number of benzene rings is 2. The summed E-state index contributed by atoms with van der Waals surface area (Å²) >= 11 is 0. The summed E-state index contributed by atoms with van der Waals surface area (Å²) in [6.07, 6.45) is 2.82. The Bertz CT molecular complexity index is 1460. The van der Waals surface area contributed by atoms with Crippen molar-refractivity contribution in [2.45, 2.75) is 11.8 Å². The number of nitrogens with one attached hydrogen (secondary N) is 2. The summed E-state index contributed by atoms with van der Waals surface area (Å²) in [5.41, 5.74) is 2.71. The number of fused-ring (bicyclic) bond motifs is 4. The molecule has 2 aromatic carbocycles. The van der Waals surface area contributed by atoms with Crippen molar-refractivity contribution in [1.82, 2.24) is 15.2 Å². The fourth-order valence-corrected chi connectivity index (χ4v) is 4.41. The zero-order chi connectivity index (χ0) is 21.8. The van der Waals surface area contributed by atoms with Gasteiger partial charge in [-0.2, -0.15) is 5.10 Å². The summed E-state index contributed by atoms with van der Waals surface area (Å²) < 4.78 is 29.4. The number of hydrogen-bond acceptors (Lipinski definition) is 7. The fraction of sp³-hybridized carbons (Fsp3) is 0.190. The molecule has 0 saturated carbocycles. The monoisotopic (exact) mass is 437 g/mol. The van der Waals surface area contributed by atoms with Gasteiger partial charge in [-0.25, -0.2) is 13.4 Å². The van der Waals surface area contributed by atoms with Gasteiger partial charge >= 0.3 is 0 Å². The molecule has 1 aliphatic rings. The Kier molecular flexibility index (Phi) is 4.33. The lowest BCUT2D eigenvalue weighted by molar-refractivity contribution is -0.121. The minimum atomic E-state index is -3.34. The van der Waals surface area contributed by atoms with Crippen LogP contribution in [0, 0.1) is 0 Å². The highest BCUT2D eigenvalue weighted by Crippen LogP contribution is 2.36. The minimum absolute atomic E-state index is 0.0318. The Morgan fingerprint density at radius 3 is 2.81 bits per heavy atom. The van der Waals surface area contributed by atoms with Crippen LogP contribution in [0.3, 0.4) is 0 Å². The van der Waals surface area contributed by atoms with Crippen LogP contribution in [-0.4, -0.2) is 48.9 Å². The Labute approximate surface area is 177 Å². The van der Waals surface area contributed by atoms with Crippen LogP contribution in [-0.2, 0) is 14.6 Å². The van der Waals surface area contributed by atoms with E-state index in [9.17, 15) is 13.2 Å². The molecule has 0 atom stereocenters. The quantitative estimate of drug-likeness (QED) is 0.504. The number of hydrogen-bond donors (Lipinski definition) is 2. The van der Waals surface area contributed by atoms with Crippen LogP contribution in [0.2, 0.25) is 0 Å². The van der Waals surface area contributed by atoms with Gasteiger partial charge in [-0.1, -0.05) is 0 Å². The lowest BCUT2D eigenvalue weighted by Gasteiger charge is -2.28. The van der Waals surface area contributed by atoms with Crippen LogP contribution in [0.1, 0.15) is 6.92 Å². The number of sulfone groups is 1. The Hall–Kier alpha value is -3.66. The average Bonchev–Trinajstić information content (AvgIpc) is 3.23. The summed E-state index contributed by atoms with van der Waals surface area (Å²) in [4.78, 5) is 18.7. The molecule has 0 unspecified atom stereocenters. The first-order valence-corrected chi connectivity index (χ1v) is 11.6. The Balaban J connectivity index is 1.61. The number of carbonyl (C=O) groups excluding carboxylic acids is 1. The predicted octanol–water partition coefficient (Wildman–Crippen LogP) is 3.00. The molecule has 1 amide bonds. The largest absolute Gasteiger partial charge is 0.482 e. The number of ether oxygens (including phenoxy) is 1. The maximum absolute atomic E-state index is 12.2. The Morgan fingerprint density at radius 2 is 2.03 bits per heavy atom. The van der Waals surface area contributed by atoms with Crippen molar-refractivity contribution in [3.63, 3.8) is 0 Å². The molecule has 3 heterocycles. The second-order valence-electron chi connectivity index (χ2n) is 7.30. The standard InChI is InChI=1S/C21H19N5O4S/c1-3-26-17-8-12(4-7-18(17)30-11-19(26)27)23-21-20-15(10-22-25-20)14-9-13(31(2,28)29)5-6-16(14)24-21/h4-10H,3,11H2,1-2H3,(H,22,25)(H,23,24). The first-order valence-electron chi connectivity index (χ1n) is 9.66. The molecule has 1 aliphatic heterocycles. The molecule has 0 aliphatic carbocycles. The molecule has 0 bridgehead atoms. The van der Waals surface area contributed by atoms with E-state index >= 15 is 0 Å². The summed E-state index contributed by atoms with van der Waals surface area (Å²) in [6, 6.07) is 10.3. The van der Waals surface area contributed by atoms with Gasteiger partial charge < -0.3 is 15.0 Å². The number of aromatic nitrogens is 3. The van der Waals surface area contributed by atoms with Crippen LogP contribution in [0.4, 0.5) is 17.2 Å². The number of anilines is 3. The highest BCUT2D eigenvalue weighted by molar-refractivity contribution is 7.90. The van der Waals surface area contributed by atoms with Gasteiger partial charge in [0.1, 0.15) is 11.3 Å². The number of carbonyl (C=O) groups is 1. The van der Waals surface area contributed by atoms with E-state index in [2.05, 4.69) is 20.5 Å². The lowest BCUT2D eigenvalue weighted by atomic mass is 10.1. The van der Waals surface area contributed by atoms with Crippen molar-refractivity contribution in [2.75, 3.05) is 29.6 Å². The van der Waals surface area contributed by atoms with E-state index in [4.69, 9.17) is 4.74 Å². The van der Waals surface area contributed by atoms with Gasteiger partial charge in [0.2, 0.25) is 0 Å². The normalized spacial score (nSPS) is 14.0. The number of amides is 1. The molecule has 4 aromatic rings. The lowest BCUT2D eigenvalue weighted by Crippen LogP contribution is -2.38. The Morgan fingerprint density at radius 1 is 1.19 bits per heavy atom. The van der Waals surface area contributed by atoms with Crippen molar-refractivity contribution >= 4 is 54.7 Å². The number of aromatic amines is 1. The van der Waals surface area contributed by atoms with E-state index in [1.807, 2.05) is 25.1 Å². The smallest absolute Gasteiger partial charge is 0.265 e. The summed E-state index contributed by atoms with van der Waals surface area (Å²) in [5, 5.41) is 11.8. The summed E-state index contributed by atoms with van der Waals surface area (Å²) in [7, 11) is -3.34. The second-order valence-corrected chi connectivity index (χ2v) is 9.32. The van der Waals surface area contributed by atoms with Crippen LogP contribution in [0.25, 0.3) is 21.8 Å². The van der Waals surface area contributed by atoms with Crippen LogP contribution < -0.4 is 15.0 Å². The highest BCUT2D eigenvalue weighted by atomic mass is 32.2. The van der Waals surface area contributed by atoms with Crippen molar-refractivity contribution in [2.24, 2.45) is 0 Å². The number of pyridine rings is 1. The van der Waals surface area contributed by atoms with E-state index < -0.39 is 9.84 Å². The zero-order valence-electron chi connectivity index (χ0n) is 16.8. The van der Waals surface area contributed by atoms with E-state index in [1.54, 1.807) is 29.3 Å². The highest BCUT2D eigenvalue weighted by Gasteiger charge is 2.24. The maximum Gasteiger partial charge on any atom is 0.265 e. The maximum atomic E-state index is 12.2. The van der Waals surface area contributed by atoms with E-state index in [1.165, 1.54) is 6.26 Å². The molecule has 5 rings (SSSR count). The molecule has 31 heavy (non-hydrogen) atoms. The third-order valence-electron chi connectivity index (χ3n) is 5.28. The molecule has 0 saturated heterocycles. The molecule has 2 aromatic heterocycles. The van der Waals surface area contributed by atoms with Gasteiger partial charge in [0.05, 0.1) is 22.3 Å². The summed E-state index contributed by atoms with van der Waals surface area (Å²) in [5.74, 6) is 1.10. The van der Waals surface area contributed by atoms with Gasteiger partial charge in [0.15, 0.2) is 22.3 Å². The number of nitrogens with zero attached hydrogens (tertiary/aromatic N) is 3. The van der Waals surface area contributed by atoms with Crippen LogP contribution in [0.15, 0.2) is 47.5 Å². The van der Waals surface area contributed by atoms with Crippen molar-refractivity contribution in [1.29, 1.82) is 0 Å². The van der Waals surface area contributed by atoms with Crippen molar-refractivity contribution in [3.05, 3.63) is 42.6 Å². The predicted molar refractivity (Wildman–Crippen MR) is 118 cm³/mol. The van der Waals surface area contributed by atoms with E-state index in [-0.39, 0.29) is 17.4 Å². The number of likely N-dealkylation sites (N-methyl/N-ethyl adjacent to an activating group) is 1. The van der Waals surface area contributed by atoms with Crippen molar-refractivity contribution in [3.8, 4) is 5.75 Å². The SMILES string of the molecule is CCN1C(=O)COc2ccc(Nc3nc4ccc(S(C)(=O)=O)cc4c4cn[nH]c34)cc21. The average molecular weight is 437 g/mol. The minimum Gasteiger partial charge on any atom is -0.482 e. The molecule has 2 N–H and O–H groups in total. The van der Waals surface area contributed by atoms with E-state index in [0.717, 1.165) is 11.1 Å². The number of H-pyrrole nitrogens is 1. The van der Waals surface area contributed by atoms with Gasteiger partial charge in [-0.05, 0) is 43.3 Å². The van der Waals surface area contributed by atoms with Gasteiger partial charge in [0.25, 0.3) is 5.91 Å². The van der Waals surface area contributed by atoms with E-state index in [0.29, 0.717) is 40.2 Å². The number of rotatable bonds is 4. The van der Waals surface area contributed by atoms with Gasteiger partial charge in [-0.15, -0.1) is 0 Å². The topological polar surface area (TPSA) is 117 Å². The summed E-state index contributed by atoms with van der Waals surface area (Å²) in [6.45, 7) is 2.49. The second kappa shape index (κ2) is 6.95. The molecule has 158 valence electrons. The van der Waals surface area contributed by atoms with Gasteiger partial charge in [0, 0.05) is 29.3 Å². The molecule has 9 nitrogen and oxygen atoms in total. The molecule has 0 fully saturated rings. The first-order chi connectivity index (χ1) is 14.8. The molecule has 10 heteroatoms. The third-order valence-corrected chi connectivity index (χ3v) is 6.39. The third kappa shape index (κ3) is 3.25. The molecule has 0 spiro atoms. The van der Waals surface area contributed by atoms with Crippen LogP contribution >= 0.6 is 0 Å². The van der Waals surface area contributed by atoms with Gasteiger partial charge in [-0.3, -0.25) is 9.89 Å². The molecular formula is C21H19N5O4S. The zero-order valence-corrected chi connectivity index (χ0v) is 17.7. The first kappa shape index (κ1) is 19.3. The van der Waals surface area contributed by atoms with Crippen LogP contribution in [0.5, 0.6) is 5.75 Å². The molecular weight excluding hydrogens is 418 g/mol.